The minimum absolute atomic E-state index is 0. The smallest absolute Gasteiger partial charge is 0.332 e. The van der Waals surface area contributed by atoms with Crippen molar-refractivity contribution in [2.75, 3.05) is 7.11 Å². The summed E-state index contributed by atoms with van der Waals surface area (Å²) in [5.41, 5.74) is 0. The van der Waals surface area contributed by atoms with E-state index in [4.69, 9.17) is 0 Å². The fourth-order valence-corrected chi connectivity index (χ4v) is 0.197. The molecule has 0 atom stereocenters. The Morgan fingerprint density at radius 2 is 2.30 bits per heavy atom. The molecule has 10 heavy (non-hydrogen) atoms. The number of rotatable bonds is 2. The van der Waals surface area contributed by atoms with E-state index in [1.54, 1.807) is 0 Å². The Bertz CT molecular complexity index is 172. The van der Waals surface area contributed by atoms with Gasteiger partial charge in [-0.2, -0.15) is 4.99 Å². The molecule has 0 rings (SSSR count). The summed E-state index contributed by atoms with van der Waals surface area (Å²) in [6.07, 6.45) is 3.26. The van der Waals surface area contributed by atoms with E-state index in [9.17, 15) is 9.59 Å². The van der Waals surface area contributed by atoms with Gasteiger partial charge in [0.1, 0.15) is 0 Å². The molecular formula is C5H5ArNO3. The SMILES string of the molecule is COC(=O)/C=C\N=C=O.[Ar]. The molecule has 0 unspecified atom stereocenters. The first kappa shape index (κ1) is 12.5. The average molecular weight is 167 g/mol. The van der Waals surface area contributed by atoms with Gasteiger partial charge in [0.05, 0.1) is 7.11 Å². The molecule has 5 heteroatoms. The van der Waals surface area contributed by atoms with Crippen LogP contribution in [0.5, 0.6) is 0 Å². The van der Waals surface area contributed by atoms with E-state index in [-0.39, 0.29) is 37.7 Å². The third-order valence-electron chi connectivity index (χ3n) is 0.539. The van der Waals surface area contributed by atoms with Gasteiger partial charge in [0.15, 0.2) is 0 Å². The fraction of sp³-hybridized carbons (Fsp3) is 0.200. The van der Waals surface area contributed by atoms with Crippen LogP contribution in [0.25, 0.3) is 0 Å². The first-order valence-electron chi connectivity index (χ1n) is 2.12. The molecule has 0 aliphatic carbocycles. The van der Waals surface area contributed by atoms with Gasteiger partial charge in [-0.15, -0.1) is 0 Å². The third kappa shape index (κ3) is 7.85. The van der Waals surface area contributed by atoms with Crippen LogP contribution < -0.4 is 0 Å². The molecule has 0 aliphatic rings. The van der Waals surface area contributed by atoms with Crippen LogP contribution in [0.4, 0.5) is 0 Å². The van der Waals surface area contributed by atoms with Gasteiger partial charge in [0, 0.05) is 50.0 Å². The van der Waals surface area contributed by atoms with Crippen molar-refractivity contribution in [2.24, 2.45) is 4.99 Å². The second-order valence-corrected chi connectivity index (χ2v) is 1.06. The molecule has 0 heterocycles. The van der Waals surface area contributed by atoms with E-state index in [0.717, 1.165) is 12.3 Å². The van der Waals surface area contributed by atoms with Crippen LogP contribution in [0.2, 0.25) is 0 Å². The molecule has 0 spiro atoms. The molecule has 0 fully saturated rings. The Morgan fingerprint density at radius 3 is 2.70 bits per heavy atom. The second-order valence-electron chi connectivity index (χ2n) is 1.06. The molecule has 56 valence electrons. The van der Waals surface area contributed by atoms with Gasteiger partial charge in [0.2, 0.25) is 6.08 Å². The maximum Gasteiger partial charge on any atom is 0.332 e. The van der Waals surface area contributed by atoms with Crippen molar-refractivity contribution in [2.45, 2.75) is 0 Å². The minimum atomic E-state index is -0.547. The molecule has 0 aromatic heterocycles. The van der Waals surface area contributed by atoms with Gasteiger partial charge >= 0.3 is 5.97 Å². The summed E-state index contributed by atoms with van der Waals surface area (Å²) in [5, 5.41) is 0. The first-order chi connectivity index (χ1) is 4.31. The molecule has 0 aromatic rings. The Labute approximate surface area is 88.0 Å². The zero-order valence-corrected chi connectivity index (χ0v) is 5.89. The standard InChI is InChI=1S/C5H5NO3.Ar/c1-9-5(8)2-3-6-4-7;/h2-3H,1H3;/b3-2-;. The number of hydrogen-bond donors (Lipinski definition) is 0. The molecule has 4 nitrogen and oxygen atoms in total. The first-order valence-corrected chi connectivity index (χ1v) is 2.12. The summed E-state index contributed by atoms with van der Waals surface area (Å²) in [4.78, 5) is 22.5. The number of methoxy groups -OCH3 is 1. The van der Waals surface area contributed by atoms with Crippen molar-refractivity contribution in [3.8, 4) is 0 Å². The van der Waals surface area contributed by atoms with Crippen LogP contribution in [-0.2, 0) is 14.3 Å². The topological polar surface area (TPSA) is 55.7 Å². The van der Waals surface area contributed by atoms with Crippen molar-refractivity contribution < 1.29 is 52.1 Å². The Morgan fingerprint density at radius 1 is 1.70 bits per heavy atom. The zero-order valence-electron chi connectivity index (χ0n) is 5.18. The van der Waals surface area contributed by atoms with Crippen LogP contribution in [-0.4, -0.2) is 19.2 Å². The fourth-order valence-electron chi connectivity index (χ4n) is 0.197. The maximum atomic E-state index is 10.2. The Kier molecular flexibility index (Phi) is 11.1. The Hall–Kier alpha value is -0.150. The molecule has 0 bridgehead atoms. The summed E-state index contributed by atoms with van der Waals surface area (Å²) in [6.45, 7) is 0. The van der Waals surface area contributed by atoms with Gasteiger partial charge in [-0.05, 0) is 0 Å². The van der Waals surface area contributed by atoms with Crippen LogP contribution >= 0.6 is 0 Å². The van der Waals surface area contributed by atoms with Crippen LogP contribution in [0.1, 0.15) is 0 Å². The van der Waals surface area contributed by atoms with Crippen LogP contribution in [0, 0.1) is 37.7 Å². The predicted octanol–water partition coefficient (Wildman–Crippen LogP) is 0.00890. The summed E-state index contributed by atoms with van der Waals surface area (Å²) >= 11 is 0. The molecular weight excluding hydrogens is 162 g/mol. The van der Waals surface area contributed by atoms with Gasteiger partial charge in [-0.25, -0.2) is 9.59 Å². The number of aliphatic imine (C=N–C) groups is 1. The molecule has 0 radical (unpaired) electrons. The summed E-state index contributed by atoms with van der Waals surface area (Å²) in [5.74, 6) is -0.547. The average Bonchev–Trinajstić information content (AvgIpc) is 1.89. The molecule has 0 N–H and O–H groups in total. The van der Waals surface area contributed by atoms with Gasteiger partial charge in [-0.3, -0.25) is 0 Å². The number of isocyanates is 1. The number of ether oxygens (including phenoxy) is 1. The number of carbonyl (C=O) groups excluding carboxylic acids is 2. The van der Waals surface area contributed by atoms with E-state index in [0.29, 0.717) is 0 Å². The predicted molar refractivity (Wildman–Crippen MR) is 29.3 cm³/mol. The monoisotopic (exact) mass is 167 g/mol. The van der Waals surface area contributed by atoms with Gasteiger partial charge in [0.25, 0.3) is 0 Å². The van der Waals surface area contributed by atoms with E-state index in [1.165, 1.54) is 13.2 Å². The van der Waals surface area contributed by atoms with Crippen LogP contribution in [0.3, 0.4) is 0 Å². The quantitative estimate of drug-likeness (QED) is 0.252. The van der Waals surface area contributed by atoms with E-state index >= 15 is 0 Å². The largest absolute Gasteiger partial charge is 0.466 e. The molecule has 0 aliphatic heterocycles. The number of hydrogen-bond acceptors (Lipinski definition) is 4. The number of nitrogens with zero attached hydrogens (tertiary/aromatic N) is 1. The normalized spacial score (nSPS) is 7.70. The van der Waals surface area contributed by atoms with E-state index < -0.39 is 5.97 Å². The van der Waals surface area contributed by atoms with Crippen molar-refractivity contribution >= 4 is 12.0 Å². The number of esters is 1. The van der Waals surface area contributed by atoms with E-state index in [1.807, 2.05) is 0 Å². The number of carbonyl (C=O) groups is 1. The third-order valence-corrected chi connectivity index (χ3v) is 0.539. The second kappa shape index (κ2) is 8.85. The molecule has 0 saturated heterocycles. The van der Waals surface area contributed by atoms with Crippen molar-refractivity contribution in [1.29, 1.82) is 0 Å². The minimum Gasteiger partial charge on any atom is -0.466 e. The van der Waals surface area contributed by atoms with Crippen molar-refractivity contribution in [3.63, 3.8) is 0 Å². The summed E-state index contributed by atoms with van der Waals surface area (Å²) < 4.78 is 4.18. The van der Waals surface area contributed by atoms with E-state index in [2.05, 4.69) is 9.73 Å². The Balaban J connectivity index is 0. The van der Waals surface area contributed by atoms with Crippen LogP contribution in [0.15, 0.2) is 17.3 Å². The van der Waals surface area contributed by atoms with Crippen molar-refractivity contribution in [3.05, 3.63) is 12.3 Å². The molecule has 0 aromatic carbocycles. The molecule has 0 saturated carbocycles. The maximum absolute atomic E-state index is 10.2. The van der Waals surface area contributed by atoms with Crippen molar-refractivity contribution in [1.82, 2.24) is 0 Å². The molecule has 0 amide bonds. The summed E-state index contributed by atoms with van der Waals surface area (Å²) in [7, 11) is 1.23. The van der Waals surface area contributed by atoms with Gasteiger partial charge in [-0.1, -0.05) is 0 Å². The van der Waals surface area contributed by atoms with Gasteiger partial charge < -0.3 is 4.74 Å². The zero-order chi connectivity index (χ0) is 7.11. The summed E-state index contributed by atoms with van der Waals surface area (Å²) in [6, 6.07) is 0.